The number of unbranched alkanes of at least 4 members (excludes halogenated alkanes) is 7. The average molecular weight is 327 g/mol. The third-order valence-electron chi connectivity index (χ3n) is 2.83. The zero-order valence-corrected chi connectivity index (χ0v) is 14.0. The Hall–Kier alpha value is -0.470. The quantitative estimate of drug-likeness (QED) is 0.258. The molecule has 0 fully saturated rings. The van der Waals surface area contributed by atoms with Crippen LogP contribution in [0.3, 0.4) is 0 Å². The van der Waals surface area contributed by atoms with Gasteiger partial charge in [-0.05, 0) is 12.8 Å². The van der Waals surface area contributed by atoms with Crippen LogP contribution in [0.1, 0.15) is 71.1 Å². The minimum absolute atomic E-state index is 0. The molecule has 0 saturated heterocycles. The van der Waals surface area contributed by atoms with E-state index in [9.17, 15) is 5.11 Å². The van der Waals surface area contributed by atoms with E-state index in [1.54, 1.807) is 6.08 Å². The molecule has 0 amide bonds. The summed E-state index contributed by atoms with van der Waals surface area (Å²) in [5.41, 5.74) is 0. The van der Waals surface area contributed by atoms with Gasteiger partial charge in [-0.25, -0.2) is 0 Å². The Kier molecular flexibility index (Phi) is 21.3. The molecule has 6 nitrogen and oxygen atoms in total. The Morgan fingerprint density at radius 3 is 1.76 bits per heavy atom. The number of aliphatic hydroxyl groups excluding tert-OH is 1. The van der Waals surface area contributed by atoms with Crippen LogP contribution >= 0.6 is 0 Å². The van der Waals surface area contributed by atoms with Crippen molar-refractivity contribution in [1.82, 2.24) is 6.15 Å². The molecule has 0 aromatic heterocycles. The molecule has 21 heavy (non-hydrogen) atoms. The summed E-state index contributed by atoms with van der Waals surface area (Å²) in [5.74, 6) is 0. The third-order valence-corrected chi connectivity index (χ3v) is 2.83. The van der Waals surface area contributed by atoms with E-state index in [0.717, 1.165) is 12.8 Å². The van der Waals surface area contributed by atoms with Crippen LogP contribution in [0.4, 0.5) is 0 Å². The minimum Gasteiger partial charge on any atom is -0.393 e. The maximum atomic E-state index is 9.45. The van der Waals surface area contributed by atoms with Gasteiger partial charge in [-0.3, -0.25) is 9.11 Å². The summed E-state index contributed by atoms with van der Waals surface area (Å²) >= 11 is 0. The molecule has 0 aliphatic rings. The van der Waals surface area contributed by atoms with Gasteiger partial charge in [0.15, 0.2) is 0 Å². The Labute approximate surface area is 129 Å². The van der Waals surface area contributed by atoms with Gasteiger partial charge in [-0.15, -0.1) is 6.58 Å². The Morgan fingerprint density at radius 2 is 1.38 bits per heavy atom. The molecule has 0 aromatic rings. The zero-order chi connectivity index (χ0) is 15.9. The summed E-state index contributed by atoms with van der Waals surface area (Å²) in [6, 6.07) is 0. The van der Waals surface area contributed by atoms with E-state index >= 15 is 0 Å². The third kappa shape index (κ3) is 38.2. The van der Waals surface area contributed by atoms with Gasteiger partial charge in [-0.2, -0.15) is 8.42 Å². The van der Waals surface area contributed by atoms with Crippen LogP contribution in [0.25, 0.3) is 0 Å². The van der Waals surface area contributed by atoms with Crippen molar-refractivity contribution >= 4 is 10.4 Å². The summed E-state index contributed by atoms with van der Waals surface area (Å²) in [6.07, 6.45) is 14.0. The van der Waals surface area contributed by atoms with E-state index in [1.165, 1.54) is 51.4 Å². The monoisotopic (exact) mass is 327 g/mol. The predicted octanol–water partition coefficient (Wildman–Crippen LogP) is 3.96. The standard InChI is InChI=1S/C14H28O.H3N.H2O4S/c1-3-5-6-7-8-9-10-11-13-14(15)12-4-2;;1-5(2,3)4/h4,14-15H,2-3,5-13H2,1H3;1H3;(H2,1,2,3,4). The normalized spacial score (nSPS) is 11.8. The molecule has 0 bridgehead atoms. The second kappa shape index (κ2) is 17.6. The molecule has 0 aliphatic heterocycles. The first-order valence-electron chi connectivity index (χ1n) is 7.30. The number of rotatable bonds is 11. The summed E-state index contributed by atoms with van der Waals surface area (Å²) in [4.78, 5) is 0. The lowest BCUT2D eigenvalue weighted by Crippen LogP contribution is -2.03. The van der Waals surface area contributed by atoms with Gasteiger partial charge in [-0.1, -0.05) is 64.4 Å². The summed E-state index contributed by atoms with van der Waals surface area (Å²) in [6.45, 7) is 5.88. The lowest BCUT2D eigenvalue weighted by atomic mass is 10.0. The van der Waals surface area contributed by atoms with Gasteiger partial charge in [0.25, 0.3) is 0 Å². The van der Waals surface area contributed by atoms with Crippen molar-refractivity contribution in [2.24, 2.45) is 0 Å². The summed E-state index contributed by atoms with van der Waals surface area (Å²) < 4.78 is 31.6. The second-order valence-electron chi connectivity index (χ2n) is 4.89. The van der Waals surface area contributed by atoms with Gasteiger partial charge < -0.3 is 11.3 Å². The fourth-order valence-electron chi connectivity index (χ4n) is 1.82. The van der Waals surface area contributed by atoms with E-state index in [1.807, 2.05) is 0 Å². The topological polar surface area (TPSA) is 130 Å². The first-order chi connectivity index (χ1) is 9.31. The van der Waals surface area contributed by atoms with Crippen LogP contribution in [0.5, 0.6) is 0 Å². The van der Waals surface area contributed by atoms with Crippen LogP contribution in [0.2, 0.25) is 0 Å². The lowest BCUT2D eigenvalue weighted by molar-refractivity contribution is 0.164. The molecular weight excluding hydrogens is 294 g/mol. The highest BCUT2D eigenvalue weighted by Gasteiger charge is 2.00. The van der Waals surface area contributed by atoms with Crippen molar-refractivity contribution in [3.63, 3.8) is 0 Å². The van der Waals surface area contributed by atoms with Crippen LogP contribution in [-0.4, -0.2) is 28.7 Å². The van der Waals surface area contributed by atoms with E-state index in [2.05, 4.69) is 13.5 Å². The molecule has 0 radical (unpaired) electrons. The van der Waals surface area contributed by atoms with Crippen LogP contribution in [-0.2, 0) is 10.4 Å². The fourth-order valence-corrected chi connectivity index (χ4v) is 1.82. The molecule has 0 aromatic carbocycles. The zero-order valence-electron chi connectivity index (χ0n) is 13.2. The Morgan fingerprint density at radius 1 is 1.00 bits per heavy atom. The second-order valence-corrected chi connectivity index (χ2v) is 5.79. The van der Waals surface area contributed by atoms with Crippen LogP contribution in [0, 0.1) is 0 Å². The molecule has 0 aliphatic carbocycles. The van der Waals surface area contributed by atoms with Crippen molar-refractivity contribution < 1.29 is 22.6 Å². The molecule has 130 valence electrons. The number of hydrogen-bond donors (Lipinski definition) is 4. The molecule has 0 saturated carbocycles. The van der Waals surface area contributed by atoms with E-state index in [-0.39, 0.29) is 12.3 Å². The first kappa shape index (κ1) is 25.5. The molecule has 0 heterocycles. The van der Waals surface area contributed by atoms with Crippen molar-refractivity contribution in [3.8, 4) is 0 Å². The highest BCUT2D eigenvalue weighted by atomic mass is 32.3. The Balaban J connectivity index is -0.000000465. The van der Waals surface area contributed by atoms with E-state index in [0.29, 0.717) is 0 Å². The number of aliphatic hydroxyl groups is 1. The first-order valence-corrected chi connectivity index (χ1v) is 8.69. The molecule has 7 heteroatoms. The number of hydrogen-bond acceptors (Lipinski definition) is 4. The van der Waals surface area contributed by atoms with E-state index < -0.39 is 10.4 Å². The maximum absolute atomic E-state index is 9.45. The average Bonchev–Trinajstić information content (AvgIpc) is 2.31. The smallest absolute Gasteiger partial charge is 0.393 e. The van der Waals surface area contributed by atoms with Gasteiger partial charge >= 0.3 is 10.4 Å². The van der Waals surface area contributed by atoms with E-state index in [4.69, 9.17) is 17.5 Å². The largest absolute Gasteiger partial charge is 0.394 e. The fraction of sp³-hybridized carbons (Fsp3) is 0.857. The van der Waals surface area contributed by atoms with Gasteiger partial charge in [0.1, 0.15) is 0 Å². The maximum Gasteiger partial charge on any atom is 0.394 e. The molecule has 6 N–H and O–H groups in total. The molecule has 1 atom stereocenters. The lowest BCUT2D eigenvalue weighted by Gasteiger charge is -2.07. The summed E-state index contributed by atoms with van der Waals surface area (Å²) in [5, 5.41) is 9.45. The van der Waals surface area contributed by atoms with Crippen LogP contribution < -0.4 is 6.15 Å². The van der Waals surface area contributed by atoms with Gasteiger partial charge in [0.05, 0.1) is 6.10 Å². The SMILES string of the molecule is C=CCC(O)CCCCCCCCCC.N.O=S(=O)(O)O. The van der Waals surface area contributed by atoms with Crippen molar-refractivity contribution in [1.29, 1.82) is 0 Å². The molecule has 0 spiro atoms. The predicted molar refractivity (Wildman–Crippen MR) is 87.2 cm³/mol. The Bertz CT molecular complexity index is 298. The van der Waals surface area contributed by atoms with Gasteiger partial charge in [0.2, 0.25) is 0 Å². The van der Waals surface area contributed by atoms with Crippen molar-refractivity contribution in [2.75, 3.05) is 0 Å². The highest BCUT2D eigenvalue weighted by Crippen LogP contribution is 2.11. The van der Waals surface area contributed by atoms with Gasteiger partial charge in [0, 0.05) is 0 Å². The molecule has 1 unspecified atom stereocenters. The minimum atomic E-state index is -4.67. The molecular formula is C14H33NO5S. The summed E-state index contributed by atoms with van der Waals surface area (Å²) in [7, 11) is -4.67. The highest BCUT2D eigenvalue weighted by molar-refractivity contribution is 7.79. The van der Waals surface area contributed by atoms with Crippen molar-refractivity contribution in [3.05, 3.63) is 12.7 Å². The van der Waals surface area contributed by atoms with Crippen molar-refractivity contribution in [2.45, 2.75) is 77.2 Å². The molecule has 0 rings (SSSR count). The van der Waals surface area contributed by atoms with Crippen LogP contribution in [0.15, 0.2) is 12.7 Å².